The fourth-order valence-corrected chi connectivity index (χ4v) is 2.43. The van der Waals surface area contributed by atoms with Crippen molar-refractivity contribution in [1.29, 1.82) is 0 Å². The van der Waals surface area contributed by atoms with Gasteiger partial charge in [-0.3, -0.25) is 10.00 Å². The second-order valence-corrected chi connectivity index (χ2v) is 5.41. The summed E-state index contributed by atoms with van der Waals surface area (Å²) in [5.41, 5.74) is 2.90. The molecule has 1 fully saturated rings. The van der Waals surface area contributed by atoms with Gasteiger partial charge in [-0.05, 0) is 39.0 Å². The van der Waals surface area contributed by atoms with Crippen LogP contribution in [-0.2, 0) is 4.74 Å². The topological polar surface area (TPSA) is 65.2 Å². The van der Waals surface area contributed by atoms with Crippen molar-refractivity contribution in [2.24, 2.45) is 0 Å². The average Bonchev–Trinajstić information content (AvgIpc) is 2.77. The molecule has 1 saturated heterocycles. The maximum absolute atomic E-state index is 5.33. The first-order chi connectivity index (χ1) is 9.66. The maximum atomic E-state index is 5.33. The summed E-state index contributed by atoms with van der Waals surface area (Å²) in [5.74, 6) is 0. The third-order valence-electron chi connectivity index (χ3n) is 3.41. The molecule has 0 spiro atoms. The van der Waals surface area contributed by atoms with E-state index in [2.05, 4.69) is 25.7 Å². The van der Waals surface area contributed by atoms with E-state index in [0.29, 0.717) is 5.11 Å². The fourth-order valence-electron chi connectivity index (χ4n) is 2.22. The summed E-state index contributed by atoms with van der Waals surface area (Å²) in [4.78, 5) is 2.42. The van der Waals surface area contributed by atoms with Gasteiger partial charge >= 0.3 is 0 Å². The minimum Gasteiger partial charge on any atom is -0.379 e. The highest BCUT2D eigenvalue weighted by molar-refractivity contribution is 7.80. The molecule has 1 aliphatic rings. The lowest BCUT2D eigenvalue weighted by molar-refractivity contribution is 0.0376. The molecule has 0 aromatic carbocycles. The number of hydrogen-bond donors (Lipinski definition) is 3. The Balaban J connectivity index is 1.63. The smallest absolute Gasteiger partial charge is 0.170 e. The SMILES string of the molecule is Cc1n[nH]c(C)c1NC(=S)NCCCN1CCOCC1. The summed E-state index contributed by atoms with van der Waals surface area (Å²) < 4.78 is 5.33. The first kappa shape index (κ1) is 15.2. The van der Waals surface area contributed by atoms with Crippen LogP contribution in [0.2, 0.25) is 0 Å². The van der Waals surface area contributed by atoms with Gasteiger partial charge in [0.15, 0.2) is 5.11 Å². The van der Waals surface area contributed by atoms with Gasteiger partial charge in [0.2, 0.25) is 0 Å². The van der Waals surface area contributed by atoms with E-state index in [4.69, 9.17) is 17.0 Å². The van der Waals surface area contributed by atoms with Gasteiger partial charge in [0.25, 0.3) is 0 Å². The molecule has 0 atom stereocenters. The zero-order valence-electron chi connectivity index (χ0n) is 12.2. The number of morpholine rings is 1. The first-order valence-corrected chi connectivity index (χ1v) is 7.44. The van der Waals surface area contributed by atoms with E-state index >= 15 is 0 Å². The number of hydrogen-bond acceptors (Lipinski definition) is 4. The summed E-state index contributed by atoms with van der Waals surface area (Å²) >= 11 is 5.29. The molecule has 1 aromatic heterocycles. The van der Waals surface area contributed by atoms with Gasteiger partial charge in [0.05, 0.1) is 30.3 Å². The molecule has 112 valence electrons. The lowest BCUT2D eigenvalue weighted by Gasteiger charge is -2.26. The van der Waals surface area contributed by atoms with E-state index in [1.807, 2.05) is 13.8 Å². The van der Waals surface area contributed by atoms with Crippen molar-refractivity contribution in [2.45, 2.75) is 20.3 Å². The quantitative estimate of drug-likeness (QED) is 0.557. The molecule has 20 heavy (non-hydrogen) atoms. The third kappa shape index (κ3) is 4.43. The van der Waals surface area contributed by atoms with Crippen LogP contribution in [0.3, 0.4) is 0 Å². The number of aromatic amines is 1. The predicted molar refractivity (Wildman–Crippen MR) is 84.2 cm³/mol. The van der Waals surface area contributed by atoms with Crippen molar-refractivity contribution in [3.8, 4) is 0 Å². The highest BCUT2D eigenvalue weighted by Crippen LogP contribution is 2.15. The molecule has 2 rings (SSSR count). The molecule has 3 N–H and O–H groups in total. The first-order valence-electron chi connectivity index (χ1n) is 7.03. The van der Waals surface area contributed by atoms with Crippen LogP contribution in [0, 0.1) is 13.8 Å². The molecule has 0 radical (unpaired) electrons. The third-order valence-corrected chi connectivity index (χ3v) is 3.65. The second-order valence-electron chi connectivity index (χ2n) is 5.00. The standard InChI is InChI=1S/C13H23N5OS/c1-10-12(11(2)17-16-10)15-13(20)14-4-3-5-18-6-8-19-9-7-18/h3-9H2,1-2H3,(H,16,17)(H2,14,15,20). The molecular weight excluding hydrogens is 274 g/mol. The predicted octanol–water partition coefficient (Wildman–Crippen LogP) is 1.04. The van der Waals surface area contributed by atoms with Crippen molar-refractivity contribution < 1.29 is 4.74 Å². The number of aryl methyl sites for hydroxylation is 2. The molecule has 0 saturated carbocycles. The van der Waals surface area contributed by atoms with E-state index in [9.17, 15) is 0 Å². The largest absolute Gasteiger partial charge is 0.379 e. The van der Waals surface area contributed by atoms with Crippen molar-refractivity contribution in [2.75, 3.05) is 44.7 Å². The van der Waals surface area contributed by atoms with E-state index in [0.717, 1.165) is 62.9 Å². The molecule has 0 amide bonds. The summed E-state index contributed by atoms with van der Waals surface area (Å²) in [7, 11) is 0. The van der Waals surface area contributed by atoms with Crippen molar-refractivity contribution >= 4 is 23.0 Å². The molecule has 6 nitrogen and oxygen atoms in total. The molecule has 0 aliphatic carbocycles. The zero-order valence-corrected chi connectivity index (χ0v) is 13.0. The lowest BCUT2D eigenvalue weighted by atomic mass is 10.3. The van der Waals surface area contributed by atoms with Gasteiger partial charge in [0.1, 0.15) is 0 Å². The maximum Gasteiger partial charge on any atom is 0.170 e. The van der Waals surface area contributed by atoms with Crippen LogP contribution in [0.5, 0.6) is 0 Å². The number of thiocarbonyl (C=S) groups is 1. The average molecular weight is 297 g/mol. The second kappa shape index (κ2) is 7.56. The normalized spacial score (nSPS) is 16.1. The van der Waals surface area contributed by atoms with Crippen molar-refractivity contribution in [1.82, 2.24) is 20.4 Å². The van der Waals surface area contributed by atoms with Crippen LogP contribution < -0.4 is 10.6 Å². The van der Waals surface area contributed by atoms with E-state index in [1.165, 1.54) is 0 Å². The number of anilines is 1. The summed E-state index contributed by atoms with van der Waals surface area (Å²) in [5, 5.41) is 14.1. The molecule has 0 unspecified atom stereocenters. The summed E-state index contributed by atoms with van der Waals surface area (Å²) in [6, 6.07) is 0. The highest BCUT2D eigenvalue weighted by Gasteiger charge is 2.10. The Morgan fingerprint density at radius 3 is 2.80 bits per heavy atom. The minimum absolute atomic E-state index is 0.652. The molecule has 0 bridgehead atoms. The van der Waals surface area contributed by atoms with Gasteiger partial charge in [0, 0.05) is 19.6 Å². The van der Waals surface area contributed by atoms with Crippen LogP contribution in [-0.4, -0.2) is 59.6 Å². The van der Waals surface area contributed by atoms with Crippen LogP contribution >= 0.6 is 12.2 Å². The number of nitrogens with one attached hydrogen (secondary N) is 3. The Hall–Kier alpha value is -1.18. The highest BCUT2D eigenvalue weighted by atomic mass is 32.1. The Morgan fingerprint density at radius 1 is 1.40 bits per heavy atom. The number of nitrogens with zero attached hydrogens (tertiary/aromatic N) is 2. The van der Waals surface area contributed by atoms with Crippen molar-refractivity contribution in [3.05, 3.63) is 11.4 Å². The van der Waals surface area contributed by atoms with Gasteiger partial charge < -0.3 is 15.4 Å². The summed E-state index contributed by atoms with van der Waals surface area (Å²) in [6.07, 6.45) is 1.07. The van der Waals surface area contributed by atoms with E-state index in [1.54, 1.807) is 0 Å². The zero-order chi connectivity index (χ0) is 14.4. The van der Waals surface area contributed by atoms with Crippen LogP contribution in [0.4, 0.5) is 5.69 Å². The Labute approximate surface area is 125 Å². The molecule has 1 aromatic rings. The van der Waals surface area contributed by atoms with Gasteiger partial charge in [-0.1, -0.05) is 0 Å². The molecular formula is C13H23N5OS. The number of H-pyrrole nitrogens is 1. The minimum atomic E-state index is 0.652. The number of aromatic nitrogens is 2. The molecule has 7 heteroatoms. The van der Waals surface area contributed by atoms with Crippen LogP contribution in [0.25, 0.3) is 0 Å². The van der Waals surface area contributed by atoms with Crippen LogP contribution in [0.1, 0.15) is 17.8 Å². The Bertz CT molecular complexity index is 422. The van der Waals surface area contributed by atoms with Gasteiger partial charge in [-0.25, -0.2) is 0 Å². The van der Waals surface area contributed by atoms with Gasteiger partial charge in [-0.2, -0.15) is 5.10 Å². The number of ether oxygens (including phenoxy) is 1. The van der Waals surface area contributed by atoms with Crippen molar-refractivity contribution in [3.63, 3.8) is 0 Å². The molecule has 1 aliphatic heterocycles. The Morgan fingerprint density at radius 2 is 2.15 bits per heavy atom. The monoisotopic (exact) mass is 297 g/mol. The number of rotatable bonds is 5. The van der Waals surface area contributed by atoms with Crippen LogP contribution in [0.15, 0.2) is 0 Å². The van der Waals surface area contributed by atoms with E-state index in [-0.39, 0.29) is 0 Å². The summed E-state index contributed by atoms with van der Waals surface area (Å²) in [6.45, 7) is 9.67. The van der Waals surface area contributed by atoms with E-state index < -0.39 is 0 Å². The van der Waals surface area contributed by atoms with Gasteiger partial charge in [-0.15, -0.1) is 0 Å². The molecule has 2 heterocycles. The fraction of sp³-hybridized carbons (Fsp3) is 0.692. The Kier molecular flexibility index (Phi) is 5.75. The lowest BCUT2D eigenvalue weighted by Crippen LogP contribution is -2.38.